The van der Waals surface area contributed by atoms with E-state index in [4.69, 9.17) is 0 Å². The van der Waals surface area contributed by atoms with E-state index >= 15 is 0 Å². The van der Waals surface area contributed by atoms with Gasteiger partial charge in [0.05, 0.1) is 5.69 Å². The van der Waals surface area contributed by atoms with Gasteiger partial charge in [0.15, 0.2) is 0 Å². The van der Waals surface area contributed by atoms with Gasteiger partial charge in [-0.05, 0) is 44.4 Å². The standard InChI is InChI=1S/C17H25FN2/c1-13-6-7-16(15(18)10-13)20-12-17(19-11-14(20)2)8-4-3-5-9-17/h6-7,10,14,19H,3-5,8-9,11-12H2,1-2H3. The summed E-state index contributed by atoms with van der Waals surface area (Å²) in [6.07, 6.45) is 6.39. The lowest BCUT2D eigenvalue weighted by Gasteiger charge is -2.50. The zero-order valence-corrected chi connectivity index (χ0v) is 12.6. The summed E-state index contributed by atoms with van der Waals surface area (Å²) in [5, 5.41) is 3.75. The van der Waals surface area contributed by atoms with Crippen LogP contribution in [0.3, 0.4) is 0 Å². The van der Waals surface area contributed by atoms with Gasteiger partial charge in [0.1, 0.15) is 5.82 Å². The first-order valence-electron chi connectivity index (χ1n) is 7.87. The fourth-order valence-corrected chi connectivity index (χ4v) is 3.74. The molecule has 0 amide bonds. The maximum absolute atomic E-state index is 14.3. The largest absolute Gasteiger partial charge is 0.363 e. The molecule has 1 saturated carbocycles. The smallest absolute Gasteiger partial charge is 0.146 e. The Morgan fingerprint density at radius 2 is 2.00 bits per heavy atom. The lowest BCUT2D eigenvalue weighted by Crippen LogP contribution is -2.64. The van der Waals surface area contributed by atoms with Crippen molar-refractivity contribution in [2.75, 3.05) is 18.0 Å². The number of benzene rings is 1. The Hall–Kier alpha value is -1.09. The summed E-state index contributed by atoms with van der Waals surface area (Å²) < 4.78 is 14.3. The maximum atomic E-state index is 14.3. The van der Waals surface area contributed by atoms with Gasteiger partial charge in [0.2, 0.25) is 0 Å². The highest BCUT2D eigenvalue weighted by atomic mass is 19.1. The molecule has 0 radical (unpaired) electrons. The number of halogens is 1. The average molecular weight is 276 g/mol. The molecule has 3 rings (SSSR count). The second-order valence-corrected chi connectivity index (χ2v) is 6.65. The van der Waals surface area contributed by atoms with E-state index < -0.39 is 0 Å². The molecule has 0 aromatic heterocycles. The predicted molar refractivity (Wildman–Crippen MR) is 81.8 cm³/mol. The van der Waals surface area contributed by atoms with Crippen molar-refractivity contribution in [1.82, 2.24) is 5.32 Å². The van der Waals surface area contributed by atoms with Gasteiger partial charge in [-0.2, -0.15) is 0 Å². The summed E-state index contributed by atoms with van der Waals surface area (Å²) >= 11 is 0. The summed E-state index contributed by atoms with van der Waals surface area (Å²) in [4.78, 5) is 2.27. The number of hydrogen-bond donors (Lipinski definition) is 1. The van der Waals surface area contributed by atoms with Crippen LogP contribution in [0.15, 0.2) is 18.2 Å². The molecular formula is C17H25FN2. The molecule has 0 bridgehead atoms. The third-order valence-electron chi connectivity index (χ3n) is 5.00. The molecule has 1 aromatic carbocycles. The number of hydrogen-bond acceptors (Lipinski definition) is 2. The van der Waals surface area contributed by atoms with Gasteiger partial charge >= 0.3 is 0 Å². The molecule has 3 heteroatoms. The topological polar surface area (TPSA) is 15.3 Å². The quantitative estimate of drug-likeness (QED) is 0.842. The lowest BCUT2D eigenvalue weighted by molar-refractivity contribution is 0.200. The molecule has 110 valence electrons. The van der Waals surface area contributed by atoms with Crippen molar-refractivity contribution < 1.29 is 4.39 Å². The first-order chi connectivity index (χ1) is 9.60. The summed E-state index contributed by atoms with van der Waals surface area (Å²) in [5.41, 5.74) is 1.97. The van der Waals surface area contributed by atoms with Crippen LogP contribution >= 0.6 is 0 Å². The molecule has 2 fully saturated rings. The Morgan fingerprint density at radius 3 is 2.70 bits per heavy atom. The highest BCUT2D eigenvalue weighted by molar-refractivity contribution is 5.51. The molecule has 2 aliphatic rings. The van der Waals surface area contributed by atoms with Crippen LogP contribution in [-0.2, 0) is 0 Å². The van der Waals surface area contributed by atoms with Gasteiger partial charge in [0.25, 0.3) is 0 Å². The van der Waals surface area contributed by atoms with Gasteiger partial charge < -0.3 is 10.2 Å². The molecular weight excluding hydrogens is 251 g/mol. The zero-order chi connectivity index (χ0) is 14.2. The molecule has 2 nitrogen and oxygen atoms in total. The fraction of sp³-hybridized carbons (Fsp3) is 0.647. The zero-order valence-electron chi connectivity index (χ0n) is 12.6. The third kappa shape index (κ3) is 2.56. The first-order valence-corrected chi connectivity index (χ1v) is 7.87. The van der Waals surface area contributed by atoms with Crippen molar-refractivity contribution in [2.45, 2.75) is 57.5 Å². The normalized spacial score (nSPS) is 25.9. The van der Waals surface area contributed by atoms with Crippen molar-refractivity contribution in [3.63, 3.8) is 0 Å². The van der Waals surface area contributed by atoms with E-state index in [1.165, 1.54) is 32.1 Å². The van der Waals surface area contributed by atoms with Crippen molar-refractivity contribution in [3.8, 4) is 0 Å². The van der Waals surface area contributed by atoms with Gasteiger partial charge in [-0.3, -0.25) is 0 Å². The number of aryl methyl sites for hydroxylation is 1. The summed E-state index contributed by atoms with van der Waals surface area (Å²) in [5.74, 6) is -0.0790. The van der Waals surface area contributed by atoms with Crippen LogP contribution in [0.1, 0.15) is 44.6 Å². The SMILES string of the molecule is Cc1ccc(N2CC3(CCCCC3)NCC2C)c(F)c1. The Morgan fingerprint density at radius 1 is 1.25 bits per heavy atom. The molecule has 1 aliphatic carbocycles. The van der Waals surface area contributed by atoms with Crippen molar-refractivity contribution in [1.29, 1.82) is 0 Å². The number of nitrogens with zero attached hydrogens (tertiary/aromatic N) is 1. The van der Waals surface area contributed by atoms with Crippen molar-refractivity contribution in [2.24, 2.45) is 0 Å². The molecule has 1 unspecified atom stereocenters. The lowest BCUT2D eigenvalue weighted by atomic mass is 9.79. The minimum absolute atomic E-state index is 0.0790. The van der Waals surface area contributed by atoms with Crippen LogP contribution in [0.5, 0.6) is 0 Å². The third-order valence-corrected chi connectivity index (χ3v) is 5.00. The second kappa shape index (κ2) is 5.36. The van der Waals surface area contributed by atoms with Crippen molar-refractivity contribution in [3.05, 3.63) is 29.6 Å². The number of nitrogens with one attached hydrogen (secondary N) is 1. The molecule has 1 saturated heterocycles. The molecule has 1 aromatic rings. The summed E-state index contributed by atoms with van der Waals surface area (Å²) in [7, 11) is 0. The number of piperazine rings is 1. The highest BCUT2D eigenvalue weighted by Crippen LogP contribution is 2.34. The molecule has 1 heterocycles. The van der Waals surface area contributed by atoms with Crippen LogP contribution in [0.25, 0.3) is 0 Å². The van der Waals surface area contributed by atoms with E-state index in [2.05, 4.69) is 17.1 Å². The van der Waals surface area contributed by atoms with Gasteiger partial charge in [0, 0.05) is 24.7 Å². The van der Waals surface area contributed by atoms with Crippen LogP contribution in [0, 0.1) is 12.7 Å². The Balaban J connectivity index is 1.86. The van der Waals surface area contributed by atoms with Crippen LogP contribution in [0.2, 0.25) is 0 Å². The molecule has 1 N–H and O–H groups in total. The van der Waals surface area contributed by atoms with Gasteiger partial charge in [-0.15, -0.1) is 0 Å². The van der Waals surface area contributed by atoms with E-state index in [0.29, 0.717) is 6.04 Å². The minimum Gasteiger partial charge on any atom is -0.363 e. The average Bonchev–Trinajstić information content (AvgIpc) is 2.43. The van der Waals surface area contributed by atoms with E-state index in [1.54, 1.807) is 6.07 Å². The Labute approximate surface area is 121 Å². The molecule has 1 aliphatic heterocycles. The second-order valence-electron chi connectivity index (χ2n) is 6.65. The van der Waals surface area contributed by atoms with E-state index in [9.17, 15) is 4.39 Å². The minimum atomic E-state index is -0.0790. The van der Waals surface area contributed by atoms with Gasteiger partial charge in [-0.1, -0.05) is 25.3 Å². The van der Waals surface area contributed by atoms with Crippen LogP contribution in [0.4, 0.5) is 10.1 Å². The summed E-state index contributed by atoms with van der Waals surface area (Å²) in [6, 6.07) is 5.96. The molecule has 1 spiro atoms. The van der Waals surface area contributed by atoms with E-state index in [-0.39, 0.29) is 11.4 Å². The van der Waals surface area contributed by atoms with E-state index in [0.717, 1.165) is 24.3 Å². The number of rotatable bonds is 1. The fourth-order valence-electron chi connectivity index (χ4n) is 3.74. The monoisotopic (exact) mass is 276 g/mol. The first kappa shape index (κ1) is 13.9. The molecule has 20 heavy (non-hydrogen) atoms. The van der Waals surface area contributed by atoms with Crippen LogP contribution < -0.4 is 10.2 Å². The molecule has 1 atom stereocenters. The maximum Gasteiger partial charge on any atom is 0.146 e. The van der Waals surface area contributed by atoms with E-state index in [1.807, 2.05) is 19.1 Å². The van der Waals surface area contributed by atoms with Crippen molar-refractivity contribution >= 4 is 5.69 Å². The highest BCUT2D eigenvalue weighted by Gasteiger charge is 2.39. The van der Waals surface area contributed by atoms with Crippen LogP contribution in [-0.4, -0.2) is 24.7 Å². The summed E-state index contributed by atoms with van der Waals surface area (Å²) in [6.45, 7) is 6.01. The Kier molecular flexibility index (Phi) is 3.72. The Bertz CT molecular complexity index is 480. The number of anilines is 1. The van der Waals surface area contributed by atoms with Gasteiger partial charge in [-0.25, -0.2) is 4.39 Å². The predicted octanol–water partition coefficient (Wildman–Crippen LogP) is 3.64.